The predicted molar refractivity (Wildman–Crippen MR) is 95.9 cm³/mol. The van der Waals surface area contributed by atoms with Crippen molar-refractivity contribution in [2.24, 2.45) is 0 Å². The summed E-state index contributed by atoms with van der Waals surface area (Å²) in [4.78, 5) is 22.5. The highest BCUT2D eigenvalue weighted by Gasteiger charge is 2.28. The summed E-state index contributed by atoms with van der Waals surface area (Å²) in [6, 6.07) is 3.61. The highest BCUT2D eigenvalue weighted by Crippen LogP contribution is 2.35. The molecule has 0 spiro atoms. The van der Waals surface area contributed by atoms with Crippen molar-refractivity contribution in [2.45, 2.75) is 13.0 Å². The van der Waals surface area contributed by atoms with Crippen molar-refractivity contribution in [3.05, 3.63) is 72.7 Å². The SMILES string of the molecule is O=c1c(Cl)cc(-n2ncc([N+](=O)[O-])c2Cl)c(-c2c(F)cccc2F)n1CC(F)F. The van der Waals surface area contributed by atoms with Gasteiger partial charge in [-0.05, 0) is 18.2 Å². The first-order valence-corrected chi connectivity index (χ1v) is 8.43. The van der Waals surface area contributed by atoms with Gasteiger partial charge >= 0.3 is 5.69 Å². The molecular formula is C16H8Cl2F4N4O3. The van der Waals surface area contributed by atoms with Gasteiger partial charge in [-0.15, -0.1) is 0 Å². The van der Waals surface area contributed by atoms with Crippen LogP contribution in [-0.2, 0) is 6.54 Å². The van der Waals surface area contributed by atoms with Crippen LogP contribution < -0.4 is 5.56 Å². The summed E-state index contributed by atoms with van der Waals surface area (Å²) in [5.41, 5.74) is -3.70. The Balaban J connectivity index is 2.48. The molecule has 0 amide bonds. The van der Waals surface area contributed by atoms with Crippen LogP contribution in [0.25, 0.3) is 16.9 Å². The number of benzene rings is 1. The summed E-state index contributed by atoms with van der Waals surface area (Å²) >= 11 is 11.8. The third-order valence-corrected chi connectivity index (χ3v) is 4.49. The lowest BCUT2D eigenvalue weighted by Crippen LogP contribution is -2.27. The molecule has 0 bridgehead atoms. The molecule has 0 fully saturated rings. The Bertz CT molecular complexity index is 1160. The van der Waals surface area contributed by atoms with Crippen LogP contribution in [0.15, 0.2) is 35.3 Å². The molecule has 0 atom stereocenters. The number of nitrogens with zero attached hydrogens (tertiary/aromatic N) is 4. The fraction of sp³-hybridized carbons (Fsp3) is 0.125. The Hall–Kier alpha value is -2.92. The average Bonchev–Trinajstić information content (AvgIpc) is 3.01. The second kappa shape index (κ2) is 7.84. The van der Waals surface area contributed by atoms with E-state index in [0.29, 0.717) is 9.25 Å². The number of aromatic nitrogens is 3. The van der Waals surface area contributed by atoms with Gasteiger partial charge in [-0.25, -0.2) is 22.2 Å². The first-order valence-electron chi connectivity index (χ1n) is 7.67. The number of nitro groups is 1. The molecule has 29 heavy (non-hydrogen) atoms. The van der Waals surface area contributed by atoms with E-state index in [1.54, 1.807) is 0 Å². The van der Waals surface area contributed by atoms with Crippen LogP contribution in [0.5, 0.6) is 0 Å². The first kappa shape index (κ1) is 20.8. The minimum Gasteiger partial charge on any atom is -0.299 e. The van der Waals surface area contributed by atoms with Gasteiger partial charge in [-0.1, -0.05) is 29.3 Å². The van der Waals surface area contributed by atoms with Crippen LogP contribution in [0.2, 0.25) is 10.2 Å². The second-order valence-corrected chi connectivity index (χ2v) is 6.38. The fourth-order valence-electron chi connectivity index (χ4n) is 2.69. The summed E-state index contributed by atoms with van der Waals surface area (Å²) in [6.45, 7) is -1.25. The molecule has 2 aromatic heterocycles. The molecule has 7 nitrogen and oxygen atoms in total. The van der Waals surface area contributed by atoms with Crippen molar-refractivity contribution in [1.82, 2.24) is 14.3 Å². The summed E-state index contributed by atoms with van der Waals surface area (Å²) in [5.74, 6) is -2.34. The van der Waals surface area contributed by atoms with Crippen molar-refractivity contribution in [1.29, 1.82) is 0 Å². The van der Waals surface area contributed by atoms with Crippen molar-refractivity contribution in [2.75, 3.05) is 0 Å². The third kappa shape index (κ3) is 3.70. The molecule has 0 aliphatic heterocycles. The summed E-state index contributed by atoms with van der Waals surface area (Å²) in [6.07, 6.45) is -2.34. The maximum Gasteiger partial charge on any atom is 0.326 e. The molecule has 1 aromatic carbocycles. The van der Waals surface area contributed by atoms with Crippen LogP contribution in [0.4, 0.5) is 23.2 Å². The Labute approximate surface area is 168 Å². The van der Waals surface area contributed by atoms with Crippen LogP contribution in [-0.4, -0.2) is 25.7 Å². The van der Waals surface area contributed by atoms with E-state index in [-0.39, 0.29) is 0 Å². The number of hydrogen-bond donors (Lipinski definition) is 0. The van der Waals surface area contributed by atoms with E-state index < -0.39 is 67.9 Å². The van der Waals surface area contributed by atoms with Gasteiger partial charge in [-0.3, -0.25) is 19.5 Å². The maximum atomic E-state index is 14.5. The van der Waals surface area contributed by atoms with Crippen LogP contribution in [0, 0.1) is 21.7 Å². The number of hydrogen-bond acceptors (Lipinski definition) is 4. The molecule has 0 saturated heterocycles. The maximum absolute atomic E-state index is 14.5. The molecule has 0 N–H and O–H groups in total. The molecule has 152 valence electrons. The van der Waals surface area contributed by atoms with Gasteiger partial charge in [0, 0.05) is 0 Å². The van der Waals surface area contributed by atoms with Crippen LogP contribution >= 0.6 is 23.2 Å². The highest BCUT2D eigenvalue weighted by molar-refractivity contribution is 6.32. The predicted octanol–water partition coefficient (Wildman–Crippen LogP) is 4.46. The summed E-state index contributed by atoms with van der Waals surface area (Å²) in [7, 11) is 0. The van der Waals surface area contributed by atoms with E-state index >= 15 is 0 Å². The van der Waals surface area contributed by atoms with Crippen molar-refractivity contribution >= 4 is 28.9 Å². The van der Waals surface area contributed by atoms with E-state index in [1.807, 2.05) is 0 Å². The van der Waals surface area contributed by atoms with Gasteiger partial charge in [0.25, 0.3) is 12.0 Å². The van der Waals surface area contributed by atoms with E-state index in [1.165, 1.54) is 0 Å². The van der Waals surface area contributed by atoms with Gasteiger partial charge in [0.2, 0.25) is 5.15 Å². The zero-order valence-corrected chi connectivity index (χ0v) is 15.5. The topological polar surface area (TPSA) is 83.0 Å². The molecule has 0 aliphatic carbocycles. The molecule has 2 heterocycles. The van der Waals surface area contributed by atoms with Gasteiger partial charge in [0.15, 0.2) is 0 Å². The zero-order chi connectivity index (χ0) is 21.5. The first-order chi connectivity index (χ1) is 13.6. The summed E-state index contributed by atoms with van der Waals surface area (Å²) in [5, 5.41) is 13.5. The molecule has 0 radical (unpaired) electrons. The quantitative estimate of drug-likeness (QED) is 0.326. The fourth-order valence-corrected chi connectivity index (χ4v) is 3.15. The van der Waals surface area contributed by atoms with Crippen molar-refractivity contribution in [3.8, 4) is 16.9 Å². The number of alkyl halides is 2. The standard InChI is InChI=1S/C16H8Cl2F4N4O3/c17-7-4-10(25-15(18)11(5-23-25)26(28)29)14(24(16(7)27)6-12(21)22)13-8(19)2-1-3-9(13)20/h1-5,12H,6H2. The highest BCUT2D eigenvalue weighted by atomic mass is 35.5. The molecule has 0 unspecified atom stereocenters. The van der Waals surface area contributed by atoms with Crippen LogP contribution in [0.1, 0.15) is 0 Å². The number of pyridine rings is 1. The lowest BCUT2D eigenvalue weighted by atomic mass is 10.1. The third-order valence-electron chi connectivity index (χ3n) is 3.86. The minimum atomic E-state index is -3.09. The Morgan fingerprint density at radius 2 is 1.83 bits per heavy atom. The molecule has 3 aromatic rings. The van der Waals surface area contributed by atoms with Gasteiger partial charge in [0.05, 0.1) is 28.4 Å². The van der Waals surface area contributed by atoms with E-state index in [9.17, 15) is 32.5 Å². The average molecular weight is 451 g/mol. The molecule has 0 saturated carbocycles. The van der Waals surface area contributed by atoms with Gasteiger partial charge < -0.3 is 0 Å². The normalized spacial score (nSPS) is 11.3. The van der Waals surface area contributed by atoms with Gasteiger partial charge in [-0.2, -0.15) is 5.10 Å². The zero-order valence-electron chi connectivity index (χ0n) is 14.0. The Kier molecular flexibility index (Phi) is 5.62. The lowest BCUT2D eigenvalue weighted by molar-refractivity contribution is -0.384. The van der Waals surface area contributed by atoms with E-state index in [0.717, 1.165) is 30.5 Å². The summed E-state index contributed by atoms with van der Waals surface area (Å²) < 4.78 is 56.2. The van der Waals surface area contributed by atoms with Crippen molar-refractivity contribution < 1.29 is 22.5 Å². The monoisotopic (exact) mass is 450 g/mol. The largest absolute Gasteiger partial charge is 0.326 e. The second-order valence-electron chi connectivity index (χ2n) is 5.62. The van der Waals surface area contributed by atoms with Crippen LogP contribution in [0.3, 0.4) is 0 Å². The minimum absolute atomic E-state index is 0.369. The Morgan fingerprint density at radius 1 is 1.21 bits per heavy atom. The molecule has 13 heteroatoms. The lowest BCUT2D eigenvalue weighted by Gasteiger charge is -2.19. The van der Waals surface area contributed by atoms with Gasteiger partial charge in [0.1, 0.15) is 22.9 Å². The molecule has 0 aliphatic rings. The number of rotatable bonds is 5. The van der Waals surface area contributed by atoms with Crippen molar-refractivity contribution in [3.63, 3.8) is 0 Å². The molecular weight excluding hydrogens is 443 g/mol. The van der Waals surface area contributed by atoms with E-state index in [2.05, 4.69) is 5.10 Å². The Morgan fingerprint density at radius 3 is 2.34 bits per heavy atom. The smallest absolute Gasteiger partial charge is 0.299 e. The van der Waals surface area contributed by atoms with E-state index in [4.69, 9.17) is 23.2 Å². The number of halogens is 6. The molecule has 3 rings (SSSR count).